The van der Waals surface area contributed by atoms with Crippen molar-refractivity contribution in [1.82, 2.24) is 5.32 Å². The molecule has 2 fully saturated rings. The first-order chi connectivity index (χ1) is 9.25. The lowest BCUT2D eigenvalue weighted by Gasteiger charge is -2.40. The highest BCUT2D eigenvalue weighted by atomic mass is 19.4. The molecule has 6 unspecified atom stereocenters. The Bertz CT molecular complexity index is 390. The van der Waals surface area contributed by atoms with Gasteiger partial charge in [-0.2, -0.15) is 13.2 Å². The van der Waals surface area contributed by atoms with Crippen molar-refractivity contribution in [3.8, 4) is 0 Å². The molecule has 2 aliphatic rings. The minimum Gasteiger partial charge on any atom is -0.460 e. The van der Waals surface area contributed by atoms with Crippen molar-refractivity contribution >= 4 is 6.02 Å². The maximum atomic E-state index is 12.6. The summed E-state index contributed by atoms with van der Waals surface area (Å²) >= 11 is 0. The minimum atomic E-state index is -4.86. The number of aliphatic hydroxyl groups excluding tert-OH is 3. The van der Waals surface area contributed by atoms with Crippen LogP contribution in [0.1, 0.15) is 13.3 Å². The second-order valence-electron chi connectivity index (χ2n) is 4.97. The lowest BCUT2D eigenvalue weighted by atomic mass is 9.77. The third kappa shape index (κ3) is 2.70. The number of aliphatic hydroxyl groups is 3. The third-order valence-corrected chi connectivity index (χ3v) is 3.66. The molecule has 0 amide bonds. The van der Waals surface area contributed by atoms with E-state index in [1.165, 1.54) is 0 Å². The van der Waals surface area contributed by atoms with Crippen LogP contribution in [0.4, 0.5) is 13.2 Å². The van der Waals surface area contributed by atoms with Crippen LogP contribution in [0.3, 0.4) is 0 Å². The van der Waals surface area contributed by atoms with Gasteiger partial charge in [-0.15, -0.1) is 0 Å². The molecule has 0 bridgehead atoms. The van der Waals surface area contributed by atoms with Crippen molar-refractivity contribution in [3.63, 3.8) is 0 Å². The normalized spacial score (nSPS) is 41.0. The van der Waals surface area contributed by atoms with Gasteiger partial charge in [-0.05, 0) is 13.3 Å². The molecule has 1 saturated heterocycles. The largest absolute Gasteiger partial charge is 0.460 e. The molecule has 116 valence electrons. The van der Waals surface area contributed by atoms with Gasteiger partial charge >= 0.3 is 6.18 Å². The highest BCUT2D eigenvalue weighted by molar-refractivity contribution is 5.76. The molecule has 0 aromatic carbocycles. The SMILES string of the molecule is CCN=C1NC2C(CC(C(O)C(F)(F)F)C(O)C2O)O1. The van der Waals surface area contributed by atoms with Crippen LogP contribution in [0.2, 0.25) is 0 Å². The summed E-state index contributed by atoms with van der Waals surface area (Å²) in [4.78, 5) is 3.93. The van der Waals surface area contributed by atoms with Gasteiger partial charge in [0.2, 0.25) is 0 Å². The van der Waals surface area contributed by atoms with Gasteiger partial charge in [0.05, 0.1) is 12.1 Å². The summed E-state index contributed by atoms with van der Waals surface area (Å²) in [5.74, 6) is -1.53. The Morgan fingerprint density at radius 3 is 2.60 bits per heavy atom. The average molecular weight is 298 g/mol. The summed E-state index contributed by atoms with van der Waals surface area (Å²) in [5, 5.41) is 31.7. The first-order valence-electron chi connectivity index (χ1n) is 6.34. The van der Waals surface area contributed by atoms with E-state index in [2.05, 4.69) is 10.3 Å². The lowest BCUT2D eigenvalue weighted by Crippen LogP contribution is -2.59. The zero-order valence-corrected chi connectivity index (χ0v) is 10.7. The minimum absolute atomic E-state index is 0.135. The second-order valence-corrected chi connectivity index (χ2v) is 4.97. The number of halogens is 3. The van der Waals surface area contributed by atoms with Gasteiger partial charge in [0.1, 0.15) is 12.2 Å². The molecule has 0 spiro atoms. The Labute approximate surface area is 113 Å². The Balaban J connectivity index is 2.15. The van der Waals surface area contributed by atoms with Crippen molar-refractivity contribution in [2.75, 3.05) is 6.54 Å². The Kier molecular flexibility index (Phi) is 4.12. The van der Waals surface area contributed by atoms with Crippen molar-refractivity contribution < 1.29 is 33.2 Å². The molecule has 6 nitrogen and oxygen atoms in total. The van der Waals surface area contributed by atoms with E-state index in [-0.39, 0.29) is 12.4 Å². The summed E-state index contributed by atoms with van der Waals surface area (Å²) in [7, 11) is 0. The number of nitrogens with zero attached hydrogens (tertiary/aromatic N) is 1. The monoisotopic (exact) mass is 298 g/mol. The average Bonchev–Trinajstić information content (AvgIpc) is 2.75. The molecular formula is C11H17F3N2O4. The van der Waals surface area contributed by atoms with E-state index in [9.17, 15) is 28.5 Å². The van der Waals surface area contributed by atoms with Gasteiger partial charge in [0.25, 0.3) is 6.02 Å². The predicted octanol–water partition coefficient (Wildman–Crippen LogP) is -0.616. The van der Waals surface area contributed by atoms with Crippen LogP contribution in [0.25, 0.3) is 0 Å². The molecule has 0 radical (unpaired) electrons. The molecule has 0 aromatic heterocycles. The van der Waals surface area contributed by atoms with Gasteiger partial charge in [-0.1, -0.05) is 0 Å². The van der Waals surface area contributed by atoms with Crippen molar-refractivity contribution in [1.29, 1.82) is 0 Å². The standard InChI is InChI=1S/C11H17F3N2O4/c1-2-15-10-16-6-5(20-10)3-4(7(17)8(6)18)9(19)11(12,13)14/h4-9,17-19H,2-3H2,1H3,(H,15,16). The van der Waals surface area contributed by atoms with E-state index in [1.54, 1.807) is 6.92 Å². The van der Waals surface area contributed by atoms with Crippen LogP contribution in [0.5, 0.6) is 0 Å². The van der Waals surface area contributed by atoms with Gasteiger partial charge in [0.15, 0.2) is 6.10 Å². The Hall–Kier alpha value is -1.06. The molecule has 1 saturated carbocycles. The number of alkyl halides is 3. The molecule has 1 aliphatic carbocycles. The van der Waals surface area contributed by atoms with Crippen molar-refractivity contribution in [3.05, 3.63) is 0 Å². The van der Waals surface area contributed by atoms with Gasteiger partial charge in [-0.3, -0.25) is 0 Å². The number of fused-ring (bicyclic) bond motifs is 1. The van der Waals surface area contributed by atoms with Gasteiger partial charge in [0, 0.05) is 12.5 Å². The highest BCUT2D eigenvalue weighted by Crippen LogP contribution is 2.37. The number of amidine groups is 1. The number of ether oxygens (including phenoxy) is 1. The first kappa shape index (κ1) is 15.3. The summed E-state index contributed by atoms with van der Waals surface area (Å²) in [6, 6.07) is -0.595. The summed E-state index contributed by atoms with van der Waals surface area (Å²) in [6.07, 6.45) is -11.7. The molecule has 2 rings (SSSR count). The van der Waals surface area contributed by atoms with Crippen molar-refractivity contribution in [2.24, 2.45) is 10.9 Å². The molecule has 0 aromatic rings. The fourth-order valence-corrected chi connectivity index (χ4v) is 2.64. The smallest absolute Gasteiger partial charge is 0.414 e. The van der Waals surface area contributed by atoms with Crippen molar-refractivity contribution in [2.45, 2.75) is 50.0 Å². The Morgan fingerprint density at radius 2 is 2.05 bits per heavy atom. The van der Waals surface area contributed by atoms with E-state index >= 15 is 0 Å². The van der Waals surface area contributed by atoms with E-state index in [0.29, 0.717) is 6.54 Å². The summed E-state index contributed by atoms with van der Waals surface area (Å²) in [6.45, 7) is 2.16. The molecular weight excluding hydrogens is 281 g/mol. The van der Waals surface area contributed by atoms with Crippen LogP contribution in [-0.2, 0) is 4.74 Å². The number of aliphatic imine (C=N–C) groups is 1. The fraction of sp³-hybridized carbons (Fsp3) is 0.909. The number of nitrogens with one attached hydrogen (secondary N) is 1. The van der Waals surface area contributed by atoms with Crippen LogP contribution < -0.4 is 5.32 Å². The highest BCUT2D eigenvalue weighted by Gasteiger charge is 2.55. The van der Waals surface area contributed by atoms with Crippen LogP contribution in [-0.4, -0.2) is 64.5 Å². The molecule has 1 aliphatic heterocycles. The second kappa shape index (κ2) is 5.38. The third-order valence-electron chi connectivity index (χ3n) is 3.66. The topological polar surface area (TPSA) is 94.3 Å². The molecule has 1 heterocycles. The predicted molar refractivity (Wildman–Crippen MR) is 62.0 cm³/mol. The number of hydrogen-bond acceptors (Lipinski definition) is 5. The molecule has 9 heteroatoms. The molecule has 6 atom stereocenters. The maximum Gasteiger partial charge on any atom is 0.414 e. The zero-order valence-electron chi connectivity index (χ0n) is 10.7. The fourth-order valence-electron chi connectivity index (χ4n) is 2.64. The zero-order chi connectivity index (χ0) is 15.1. The van der Waals surface area contributed by atoms with E-state index in [1.807, 2.05) is 0 Å². The number of hydrogen-bond donors (Lipinski definition) is 4. The Morgan fingerprint density at radius 1 is 1.40 bits per heavy atom. The first-order valence-corrected chi connectivity index (χ1v) is 6.34. The summed E-state index contributed by atoms with van der Waals surface area (Å²) in [5.41, 5.74) is 0. The van der Waals surface area contributed by atoms with E-state index < -0.39 is 42.6 Å². The van der Waals surface area contributed by atoms with Gasteiger partial charge in [-0.25, -0.2) is 4.99 Å². The van der Waals surface area contributed by atoms with E-state index in [4.69, 9.17) is 4.74 Å². The van der Waals surface area contributed by atoms with Crippen LogP contribution >= 0.6 is 0 Å². The molecule has 4 N–H and O–H groups in total. The summed E-state index contributed by atoms with van der Waals surface area (Å²) < 4.78 is 43.0. The van der Waals surface area contributed by atoms with Crippen LogP contribution in [0, 0.1) is 5.92 Å². The quantitative estimate of drug-likeness (QED) is 0.545. The van der Waals surface area contributed by atoms with E-state index in [0.717, 1.165) is 0 Å². The number of rotatable bonds is 2. The maximum absolute atomic E-state index is 12.6. The van der Waals surface area contributed by atoms with Crippen LogP contribution in [0.15, 0.2) is 4.99 Å². The lowest BCUT2D eigenvalue weighted by molar-refractivity contribution is -0.243. The molecule has 20 heavy (non-hydrogen) atoms. The van der Waals surface area contributed by atoms with Gasteiger partial charge < -0.3 is 25.4 Å².